The van der Waals surface area contributed by atoms with Crippen molar-refractivity contribution in [2.75, 3.05) is 47.5 Å². The minimum absolute atomic E-state index is 0.146. The Bertz CT molecular complexity index is 1870. The van der Waals surface area contributed by atoms with Crippen LogP contribution >= 0.6 is 0 Å². The minimum atomic E-state index is -1.63. The summed E-state index contributed by atoms with van der Waals surface area (Å²) in [6.45, 7) is 4.66. The third kappa shape index (κ3) is 73.2. The van der Waals surface area contributed by atoms with Gasteiger partial charge in [-0.15, -0.1) is 0 Å². The predicted octanol–water partition coefficient (Wildman–Crippen LogP) is 22.8. The fourth-order valence-electron chi connectivity index (χ4n) is 10.7. The summed E-state index contributed by atoms with van der Waals surface area (Å²) in [6.07, 6.45) is 97.6. The van der Waals surface area contributed by atoms with E-state index in [0.717, 1.165) is 89.9 Å². The first-order chi connectivity index (χ1) is 44.6. The summed E-state index contributed by atoms with van der Waals surface area (Å²) in [5.41, 5.74) is 0. The van der Waals surface area contributed by atoms with Crippen molar-refractivity contribution in [1.29, 1.82) is 0 Å². The Morgan fingerprint density at radius 2 is 0.626 bits per heavy atom. The van der Waals surface area contributed by atoms with Gasteiger partial charge in [0, 0.05) is 12.8 Å². The summed E-state index contributed by atoms with van der Waals surface area (Å²) in [5.74, 6) is -2.27. The molecule has 524 valence electrons. The topological polar surface area (TPSA) is 111 Å². The molecule has 2 unspecified atom stereocenters. The molecule has 0 aromatic carbocycles. The van der Waals surface area contributed by atoms with Crippen LogP contribution in [0, 0.1) is 0 Å². The van der Waals surface area contributed by atoms with Gasteiger partial charge in [-0.3, -0.25) is 9.59 Å². The molecule has 0 aliphatic heterocycles. The molecule has 0 fully saturated rings. The van der Waals surface area contributed by atoms with Crippen molar-refractivity contribution < 1.29 is 42.9 Å². The highest BCUT2D eigenvalue weighted by Crippen LogP contribution is 2.18. The van der Waals surface area contributed by atoms with Gasteiger partial charge in [-0.1, -0.05) is 329 Å². The second-order valence-electron chi connectivity index (χ2n) is 26.6. The first-order valence-corrected chi connectivity index (χ1v) is 38.0. The summed E-state index contributed by atoms with van der Waals surface area (Å²) in [4.78, 5) is 37.6. The van der Waals surface area contributed by atoms with Crippen LogP contribution in [-0.2, 0) is 33.3 Å². The van der Waals surface area contributed by atoms with E-state index in [1.165, 1.54) is 212 Å². The van der Waals surface area contributed by atoms with Crippen LogP contribution < -0.4 is 5.11 Å². The summed E-state index contributed by atoms with van der Waals surface area (Å²) >= 11 is 0. The average molecular weight is 1270 g/mol. The number of likely N-dealkylation sites (N-methyl/N-ethyl adjacent to an activating group) is 1. The van der Waals surface area contributed by atoms with E-state index in [9.17, 15) is 19.5 Å². The molecule has 0 saturated heterocycles. The second-order valence-corrected chi connectivity index (χ2v) is 26.6. The molecule has 0 heterocycles. The summed E-state index contributed by atoms with van der Waals surface area (Å²) in [6, 6.07) is 0. The number of hydrogen-bond donors (Lipinski definition) is 0. The van der Waals surface area contributed by atoms with Crippen molar-refractivity contribution in [3.63, 3.8) is 0 Å². The first kappa shape index (κ1) is 87.0. The number of aliphatic carboxylic acids is 1. The first-order valence-electron chi connectivity index (χ1n) is 38.0. The van der Waals surface area contributed by atoms with Gasteiger partial charge in [-0.05, 0) is 103 Å². The van der Waals surface area contributed by atoms with Gasteiger partial charge in [0.25, 0.3) is 0 Å². The van der Waals surface area contributed by atoms with Crippen molar-refractivity contribution in [3.05, 3.63) is 109 Å². The predicted molar refractivity (Wildman–Crippen MR) is 389 cm³/mol. The highest BCUT2D eigenvalue weighted by molar-refractivity contribution is 5.70. The van der Waals surface area contributed by atoms with Crippen LogP contribution in [-0.4, -0.2) is 82.3 Å². The lowest BCUT2D eigenvalue weighted by Gasteiger charge is -2.26. The maximum atomic E-state index is 13.0. The molecule has 0 saturated carbocycles. The molecule has 91 heavy (non-hydrogen) atoms. The van der Waals surface area contributed by atoms with Gasteiger partial charge >= 0.3 is 11.9 Å². The van der Waals surface area contributed by atoms with Crippen LogP contribution in [0.5, 0.6) is 0 Å². The summed E-state index contributed by atoms with van der Waals surface area (Å²) in [7, 11) is 5.94. The SMILES string of the molecule is CC/C=C\C/C=C\C/C=C\C/C=C\C/C=C\C/C=C\C/C=C\CCCCCCCCCCCCCCCCCC(=O)OC(COC(=O)CCCCCCCCCCCCCCCCCCC/C=C\C/C=C\CCCCCCC)COC(OCC[N+](C)(C)C)C(=O)[O-]. The van der Waals surface area contributed by atoms with Gasteiger partial charge in [-0.25, -0.2) is 0 Å². The molecule has 9 heteroatoms. The number of quaternary nitrogens is 1. The van der Waals surface area contributed by atoms with Gasteiger partial charge in [0.05, 0.1) is 40.3 Å². The molecule has 9 nitrogen and oxygen atoms in total. The quantitative estimate of drug-likeness (QED) is 0.0195. The fraction of sp³-hybridized carbons (Fsp3) is 0.744. The normalized spacial score (nSPS) is 13.3. The Hall–Kier alpha value is -4.05. The van der Waals surface area contributed by atoms with Gasteiger partial charge in [0.2, 0.25) is 0 Å². The molecule has 0 aromatic rings. The van der Waals surface area contributed by atoms with Crippen molar-refractivity contribution in [2.45, 2.75) is 347 Å². The van der Waals surface area contributed by atoms with Crippen LogP contribution in [0.1, 0.15) is 335 Å². The van der Waals surface area contributed by atoms with E-state index in [0.29, 0.717) is 23.9 Å². The zero-order chi connectivity index (χ0) is 66.1. The highest BCUT2D eigenvalue weighted by atomic mass is 16.7. The Kier molecular flexibility index (Phi) is 68.6. The zero-order valence-electron chi connectivity index (χ0n) is 59.9. The number of carboxylic acids is 1. The van der Waals surface area contributed by atoms with Gasteiger partial charge in [0.1, 0.15) is 13.2 Å². The lowest BCUT2D eigenvalue weighted by Crippen LogP contribution is -2.44. The van der Waals surface area contributed by atoms with Crippen LogP contribution in [0.25, 0.3) is 0 Å². The van der Waals surface area contributed by atoms with E-state index in [4.69, 9.17) is 18.9 Å². The third-order valence-corrected chi connectivity index (χ3v) is 16.5. The second kappa shape index (κ2) is 71.8. The van der Waals surface area contributed by atoms with Gasteiger partial charge in [0.15, 0.2) is 12.4 Å². The number of nitrogens with zero attached hydrogens (tertiary/aromatic N) is 1. The zero-order valence-corrected chi connectivity index (χ0v) is 59.9. The third-order valence-electron chi connectivity index (χ3n) is 16.5. The number of allylic oxidation sites excluding steroid dienone is 18. The van der Waals surface area contributed by atoms with Gasteiger partial charge < -0.3 is 33.3 Å². The molecular weight excluding hydrogens is 1130 g/mol. The monoisotopic (exact) mass is 1270 g/mol. The fourth-order valence-corrected chi connectivity index (χ4v) is 10.7. The number of hydrogen-bond acceptors (Lipinski definition) is 8. The van der Waals surface area contributed by atoms with E-state index in [-0.39, 0.29) is 32.2 Å². The number of carboxylic acid groups (broad SMARTS) is 1. The van der Waals surface area contributed by atoms with E-state index in [2.05, 4.69) is 123 Å². The molecule has 0 N–H and O–H groups in total. The summed E-state index contributed by atoms with van der Waals surface area (Å²) in [5, 5.41) is 11.8. The Balaban J connectivity index is 4.06. The van der Waals surface area contributed by atoms with E-state index >= 15 is 0 Å². The molecule has 0 radical (unpaired) electrons. The molecule has 0 bridgehead atoms. The summed E-state index contributed by atoms with van der Waals surface area (Å²) < 4.78 is 22.9. The molecule has 0 amide bonds. The average Bonchev–Trinajstić information content (AvgIpc) is 3.50. The highest BCUT2D eigenvalue weighted by Gasteiger charge is 2.22. The number of carbonyl (C=O) groups excluding carboxylic acids is 3. The largest absolute Gasteiger partial charge is 0.545 e. The Morgan fingerprint density at radius 1 is 0.341 bits per heavy atom. The number of ether oxygens (including phenoxy) is 4. The lowest BCUT2D eigenvalue weighted by molar-refractivity contribution is -0.870. The maximum absolute atomic E-state index is 13.0. The molecule has 2 atom stereocenters. The molecule has 0 aromatic heterocycles. The van der Waals surface area contributed by atoms with Crippen molar-refractivity contribution in [1.82, 2.24) is 0 Å². The van der Waals surface area contributed by atoms with E-state index in [1.54, 1.807) is 0 Å². The van der Waals surface area contributed by atoms with Crippen molar-refractivity contribution in [2.24, 2.45) is 0 Å². The molecular formula is C82H143NO8. The number of carbonyl (C=O) groups is 3. The van der Waals surface area contributed by atoms with Crippen LogP contribution in [0.15, 0.2) is 109 Å². The van der Waals surface area contributed by atoms with Crippen molar-refractivity contribution in [3.8, 4) is 0 Å². The Morgan fingerprint density at radius 3 is 0.934 bits per heavy atom. The van der Waals surface area contributed by atoms with E-state index < -0.39 is 24.3 Å². The smallest absolute Gasteiger partial charge is 0.306 e. The number of esters is 2. The number of rotatable bonds is 70. The van der Waals surface area contributed by atoms with Crippen LogP contribution in [0.2, 0.25) is 0 Å². The van der Waals surface area contributed by atoms with Gasteiger partial charge in [-0.2, -0.15) is 0 Å². The molecule has 0 spiro atoms. The molecule has 0 aliphatic carbocycles. The molecule has 0 aliphatic rings. The number of unbranched alkanes of at least 4 members (excludes halogenated alkanes) is 37. The van der Waals surface area contributed by atoms with E-state index in [1.807, 2.05) is 21.1 Å². The van der Waals surface area contributed by atoms with Crippen LogP contribution in [0.3, 0.4) is 0 Å². The maximum Gasteiger partial charge on any atom is 0.306 e. The Labute approximate surface area is 562 Å². The lowest BCUT2D eigenvalue weighted by atomic mass is 10.0. The standard InChI is InChI=1S/C82H143NO8/c1-6-8-10-12-14-16-18-20-22-24-26-28-30-32-34-36-37-38-39-40-41-42-43-45-47-49-51-53-55-57-59-61-63-65-67-69-71-73-80(85)91-78(77-90-82(81(86)87)88-75-74-83(3,4)5)76-89-79(84)72-70-68-66-64-62-60-58-56-54-52-50-48-46-44-35-33-31-29-27-25-23-21-19-17-15-13-11-9-7-2/h8,10,14,16,19-22,25-28,32,34,37-38,40-41,78,82H,6-7,9,11-13,15,17-18,23-24,29-31,33,35-36,39,42-77H2,1-5H3/b10-8-,16-14-,21-19-,22-20-,27-25-,28-26-,34-32-,38-37-,41-40-. The minimum Gasteiger partial charge on any atom is -0.545 e. The van der Waals surface area contributed by atoms with Crippen molar-refractivity contribution >= 4 is 17.9 Å². The van der Waals surface area contributed by atoms with Crippen LogP contribution in [0.4, 0.5) is 0 Å². The molecule has 0 rings (SSSR count).